The van der Waals surface area contributed by atoms with E-state index in [2.05, 4.69) is 26.2 Å². The molecule has 0 aliphatic carbocycles. The monoisotopic (exact) mass is 265 g/mol. The molecule has 0 bridgehead atoms. The summed E-state index contributed by atoms with van der Waals surface area (Å²) in [4.78, 5) is 11.4. The lowest BCUT2D eigenvalue weighted by atomic mass is 9.85. The van der Waals surface area contributed by atoms with E-state index in [1.165, 1.54) is 5.56 Å². The first kappa shape index (κ1) is 15.5. The summed E-state index contributed by atoms with van der Waals surface area (Å²) in [7, 11) is 1.60. The third-order valence-corrected chi connectivity index (χ3v) is 3.07. The van der Waals surface area contributed by atoms with Crippen LogP contribution in [0.4, 0.5) is 0 Å². The van der Waals surface area contributed by atoms with Gasteiger partial charge in [0.1, 0.15) is 5.75 Å². The Balaban J connectivity index is 3.06. The van der Waals surface area contributed by atoms with Crippen molar-refractivity contribution < 1.29 is 9.53 Å². The highest BCUT2D eigenvalue weighted by Gasteiger charge is 2.19. The molecular formula is C14H23N3O2. The molecule has 0 aliphatic heterocycles. The second-order valence-electron chi connectivity index (χ2n) is 5.60. The van der Waals surface area contributed by atoms with Crippen LogP contribution in [-0.2, 0) is 16.6 Å². The fourth-order valence-electron chi connectivity index (χ4n) is 1.84. The van der Waals surface area contributed by atoms with Crippen LogP contribution in [0.3, 0.4) is 0 Å². The Morgan fingerprint density at radius 2 is 2.05 bits per heavy atom. The van der Waals surface area contributed by atoms with Crippen LogP contribution in [0, 0.1) is 0 Å². The molecule has 0 saturated heterocycles. The van der Waals surface area contributed by atoms with E-state index in [0.29, 0.717) is 6.42 Å². The fourth-order valence-corrected chi connectivity index (χ4v) is 1.84. The van der Waals surface area contributed by atoms with Gasteiger partial charge in [-0.2, -0.15) is 0 Å². The Morgan fingerprint density at radius 3 is 2.53 bits per heavy atom. The topological polar surface area (TPSA) is 90.4 Å². The number of hydrogen-bond acceptors (Lipinski definition) is 4. The molecule has 1 amide bonds. The van der Waals surface area contributed by atoms with Crippen molar-refractivity contribution in [3.8, 4) is 5.75 Å². The zero-order valence-electron chi connectivity index (χ0n) is 12.0. The smallest absolute Gasteiger partial charge is 0.251 e. The maximum atomic E-state index is 11.4. The maximum absolute atomic E-state index is 11.4. The lowest BCUT2D eigenvalue weighted by molar-refractivity contribution is -0.122. The Labute approximate surface area is 114 Å². The third kappa shape index (κ3) is 3.94. The summed E-state index contributed by atoms with van der Waals surface area (Å²) >= 11 is 0. The average Bonchev–Trinajstić information content (AvgIpc) is 2.36. The zero-order chi connectivity index (χ0) is 14.6. The van der Waals surface area contributed by atoms with Crippen LogP contribution < -0.4 is 21.7 Å². The van der Waals surface area contributed by atoms with E-state index in [1.807, 2.05) is 18.2 Å². The van der Waals surface area contributed by atoms with Crippen molar-refractivity contribution in [2.24, 2.45) is 11.6 Å². The molecular weight excluding hydrogens is 242 g/mol. The molecule has 0 heterocycles. The van der Waals surface area contributed by atoms with E-state index in [0.717, 1.165) is 11.3 Å². The Bertz CT molecular complexity index is 452. The van der Waals surface area contributed by atoms with Crippen LogP contribution >= 0.6 is 0 Å². The minimum atomic E-state index is -0.686. The van der Waals surface area contributed by atoms with Gasteiger partial charge in [-0.25, -0.2) is 5.84 Å². The molecule has 0 fully saturated rings. The van der Waals surface area contributed by atoms with Crippen LogP contribution in [0.25, 0.3) is 0 Å². The summed E-state index contributed by atoms with van der Waals surface area (Å²) in [6.45, 7) is 6.39. The van der Waals surface area contributed by atoms with Gasteiger partial charge < -0.3 is 10.5 Å². The number of benzene rings is 1. The van der Waals surface area contributed by atoms with E-state index in [9.17, 15) is 4.79 Å². The van der Waals surface area contributed by atoms with Crippen molar-refractivity contribution in [2.75, 3.05) is 7.11 Å². The number of hydrogen-bond donors (Lipinski definition) is 3. The van der Waals surface area contributed by atoms with E-state index < -0.39 is 6.04 Å². The van der Waals surface area contributed by atoms with Gasteiger partial charge in [0.05, 0.1) is 13.2 Å². The summed E-state index contributed by atoms with van der Waals surface area (Å²) in [5.41, 5.74) is 9.96. The van der Waals surface area contributed by atoms with Crippen molar-refractivity contribution in [1.29, 1.82) is 0 Å². The van der Waals surface area contributed by atoms with Crippen molar-refractivity contribution in [1.82, 2.24) is 5.43 Å². The first-order chi connectivity index (χ1) is 8.79. The highest BCUT2D eigenvalue weighted by atomic mass is 16.5. The second kappa shape index (κ2) is 6.04. The van der Waals surface area contributed by atoms with Gasteiger partial charge in [-0.05, 0) is 22.6 Å². The molecule has 0 aromatic heterocycles. The Hall–Kier alpha value is -1.59. The SMILES string of the molecule is COc1ccc(C(C)(C)C)cc1CC(N)C(=O)NN. The molecule has 1 atom stereocenters. The first-order valence-corrected chi connectivity index (χ1v) is 6.23. The predicted molar refractivity (Wildman–Crippen MR) is 75.7 cm³/mol. The largest absolute Gasteiger partial charge is 0.496 e. The molecule has 5 heteroatoms. The molecule has 19 heavy (non-hydrogen) atoms. The number of carbonyl (C=O) groups is 1. The van der Waals surface area contributed by atoms with Crippen LogP contribution in [0.2, 0.25) is 0 Å². The summed E-state index contributed by atoms with van der Waals surface area (Å²) in [5.74, 6) is 5.43. The van der Waals surface area contributed by atoms with E-state index in [1.54, 1.807) is 7.11 Å². The van der Waals surface area contributed by atoms with Gasteiger partial charge >= 0.3 is 0 Å². The minimum absolute atomic E-state index is 0.0290. The Kier molecular flexibility index (Phi) is 4.91. The first-order valence-electron chi connectivity index (χ1n) is 6.23. The molecule has 0 aliphatic rings. The van der Waals surface area contributed by atoms with Crippen molar-refractivity contribution >= 4 is 5.91 Å². The minimum Gasteiger partial charge on any atom is -0.496 e. The molecule has 5 N–H and O–H groups in total. The quantitative estimate of drug-likeness (QED) is 0.428. The number of carbonyl (C=O) groups excluding carboxylic acids is 1. The summed E-state index contributed by atoms with van der Waals surface area (Å²) < 4.78 is 5.31. The normalized spacial score (nSPS) is 12.9. The van der Waals surface area contributed by atoms with Crippen molar-refractivity contribution in [3.05, 3.63) is 29.3 Å². The number of methoxy groups -OCH3 is 1. The van der Waals surface area contributed by atoms with Gasteiger partial charge in [0.25, 0.3) is 5.91 Å². The van der Waals surface area contributed by atoms with Gasteiger partial charge in [0.2, 0.25) is 0 Å². The summed E-state index contributed by atoms with van der Waals surface area (Å²) in [6, 6.07) is 5.27. The van der Waals surface area contributed by atoms with Crippen LogP contribution in [0.1, 0.15) is 31.9 Å². The molecule has 0 saturated carbocycles. The molecule has 106 valence electrons. The molecule has 1 unspecified atom stereocenters. The van der Waals surface area contributed by atoms with Crippen molar-refractivity contribution in [2.45, 2.75) is 38.6 Å². The maximum Gasteiger partial charge on any atom is 0.251 e. The number of nitrogens with two attached hydrogens (primary N) is 2. The molecule has 5 nitrogen and oxygen atoms in total. The highest BCUT2D eigenvalue weighted by molar-refractivity contribution is 5.81. The number of amides is 1. The van der Waals surface area contributed by atoms with Gasteiger partial charge in [0, 0.05) is 6.42 Å². The predicted octanol–water partition coefficient (Wildman–Crippen LogP) is 0.852. The molecule has 1 rings (SSSR count). The Morgan fingerprint density at radius 1 is 1.42 bits per heavy atom. The number of nitrogens with one attached hydrogen (secondary N) is 1. The van der Waals surface area contributed by atoms with Gasteiger partial charge in [-0.1, -0.05) is 32.9 Å². The molecule has 0 radical (unpaired) electrons. The van der Waals surface area contributed by atoms with Crippen LogP contribution in [0.5, 0.6) is 5.75 Å². The summed E-state index contributed by atoms with van der Waals surface area (Å²) in [5, 5.41) is 0. The van der Waals surface area contributed by atoms with Gasteiger partial charge in [0.15, 0.2) is 0 Å². The van der Waals surface area contributed by atoms with Crippen molar-refractivity contribution in [3.63, 3.8) is 0 Å². The van der Waals surface area contributed by atoms with Gasteiger partial charge in [-0.15, -0.1) is 0 Å². The number of hydrazine groups is 1. The lowest BCUT2D eigenvalue weighted by Crippen LogP contribution is -2.45. The van der Waals surface area contributed by atoms with Crippen LogP contribution in [0.15, 0.2) is 18.2 Å². The van der Waals surface area contributed by atoms with Crippen LogP contribution in [-0.4, -0.2) is 19.1 Å². The highest BCUT2D eigenvalue weighted by Crippen LogP contribution is 2.28. The zero-order valence-corrected chi connectivity index (χ0v) is 12.0. The van der Waals surface area contributed by atoms with Gasteiger partial charge in [-0.3, -0.25) is 10.2 Å². The summed E-state index contributed by atoms with van der Waals surface area (Å²) in [6.07, 6.45) is 0.385. The average molecular weight is 265 g/mol. The van der Waals surface area contributed by atoms with E-state index >= 15 is 0 Å². The fraction of sp³-hybridized carbons (Fsp3) is 0.500. The third-order valence-electron chi connectivity index (χ3n) is 3.07. The number of rotatable bonds is 4. The molecule has 1 aromatic rings. The second-order valence-corrected chi connectivity index (χ2v) is 5.60. The standard InChI is InChI=1S/C14H23N3O2/c1-14(2,3)10-5-6-12(19-4)9(7-10)8-11(15)13(18)17-16/h5-7,11H,8,15-16H2,1-4H3,(H,17,18). The van der Waals surface area contributed by atoms with E-state index in [4.69, 9.17) is 16.3 Å². The molecule has 0 spiro atoms. The molecule has 1 aromatic carbocycles. The van der Waals surface area contributed by atoms with E-state index in [-0.39, 0.29) is 11.3 Å². The number of ether oxygens (including phenoxy) is 1. The lowest BCUT2D eigenvalue weighted by Gasteiger charge is -2.22.